The molecule has 4 fully saturated rings. The summed E-state index contributed by atoms with van der Waals surface area (Å²) < 4.78 is 56.1. The molecule has 5 amide bonds. The summed E-state index contributed by atoms with van der Waals surface area (Å²) >= 11 is 0. The second-order valence-electron chi connectivity index (χ2n) is 18.2. The topological polar surface area (TPSA) is 162 Å². The fourth-order valence-corrected chi connectivity index (χ4v) is 9.27. The summed E-state index contributed by atoms with van der Waals surface area (Å²) in [5.74, 6) is 0.143. The number of likely N-dealkylation sites (tertiary alicyclic amines) is 2. The fourth-order valence-electron chi connectivity index (χ4n) is 9.27. The van der Waals surface area contributed by atoms with Crippen molar-refractivity contribution >= 4 is 29.6 Å². The second-order valence-corrected chi connectivity index (χ2v) is 18.2. The smallest absolute Gasteiger partial charge is 0.453 e. The molecule has 3 N–H and O–H groups in total. The van der Waals surface area contributed by atoms with Gasteiger partial charge in [-0.3, -0.25) is 14.5 Å². The van der Waals surface area contributed by atoms with E-state index < -0.39 is 35.7 Å². The zero-order valence-corrected chi connectivity index (χ0v) is 36.6. The minimum Gasteiger partial charge on any atom is -0.453 e. The number of imidazole rings is 1. The summed E-state index contributed by atoms with van der Waals surface area (Å²) in [5.41, 5.74) is 1.76. The van der Waals surface area contributed by atoms with E-state index in [1.165, 1.54) is 19.2 Å². The van der Waals surface area contributed by atoms with Crippen LogP contribution in [0.25, 0.3) is 22.4 Å². The SMILES string of the molecule is COC(=O)N[C@@H](C(=O)N1C[C@@H](C)C[C@H]1c1ncc(-c2ccc(-c3ccc(NC(=O)N4CCC(N5CCN(C(=O)C(C)(C)C)CC5)CC4)cc3OC(F)(F)F)cc2)[nH]1)C1CCOCC1. The van der Waals surface area contributed by atoms with Crippen LogP contribution in [0.4, 0.5) is 28.4 Å². The van der Waals surface area contributed by atoms with E-state index >= 15 is 0 Å². The Kier molecular flexibility index (Phi) is 13.9. The molecule has 3 atom stereocenters. The van der Waals surface area contributed by atoms with E-state index in [2.05, 4.69) is 37.2 Å². The van der Waals surface area contributed by atoms with Gasteiger partial charge in [0, 0.05) is 87.8 Å². The number of amides is 5. The van der Waals surface area contributed by atoms with Crippen LogP contribution in [0.15, 0.2) is 48.7 Å². The van der Waals surface area contributed by atoms with Gasteiger partial charge in [-0.15, -0.1) is 13.2 Å². The highest BCUT2D eigenvalue weighted by atomic mass is 19.4. The van der Waals surface area contributed by atoms with Crippen LogP contribution in [0.5, 0.6) is 5.75 Å². The van der Waals surface area contributed by atoms with E-state index in [-0.39, 0.29) is 47.0 Å². The first-order valence-electron chi connectivity index (χ1n) is 21.8. The standard InChI is InChI=1S/C45H59F3N8O7/c1-28-24-36(56(27-28)40(57)38(52-43(60)61-5)31-14-22-62-23-15-31)39-49-26-35(51-39)30-8-6-29(7-9-30)34-11-10-32(25-37(34)63-45(46,47)48)50-42(59)55-16-12-33(13-17-55)53-18-20-54(21-19-53)41(58)44(2,3)4/h6-11,25-26,28,31,33,36,38H,12-24,27H2,1-5H3,(H,49,51)(H,50,59)(H,52,60)/t28-,36-,38+/m0/s1. The molecule has 2 aromatic carbocycles. The van der Waals surface area contributed by atoms with Crippen molar-refractivity contribution in [2.45, 2.75) is 84.3 Å². The van der Waals surface area contributed by atoms with Gasteiger partial charge in [0.25, 0.3) is 0 Å². The quantitative estimate of drug-likeness (QED) is 0.208. The van der Waals surface area contributed by atoms with Gasteiger partial charge in [-0.05, 0) is 67.2 Å². The maximum atomic E-state index is 14.1. The van der Waals surface area contributed by atoms with E-state index in [9.17, 15) is 32.3 Å². The van der Waals surface area contributed by atoms with Gasteiger partial charge in [0.15, 0.2) is 0 Å². The number of piperidine rings is 1. The molecule has 4 saturated heterocycles. The number of urea groups is 1. The number of halogens is 3. The third kappa shape index (κ3) is 11.1. The minimum absolute atomic E-state index is 0.106. The Morgan fingerprint density at radius 1 is 0.889 bits per heavy atom. The first-order valence-corrected chi connectivity index (χ1v) is 21.8. The monoisotopic (exact) mass is 880 g/mol. The summed E-state index contributed by atoms with van der Waals surface area (Å²) in [7, 11) is 1.26. The number of carbonyl (C=O) groups is 4. The molecule has 15 nitrogen and oxygen atoms in total. The molecule has 4 aliphatic heterocycles. The van der Waals surface area contributed by atoms with Crippen molar-refractivity contribution in [2.24, 2.45) is 17.3 Å². The predicted octanol–water partition coefficient (Wildman–Crippen LogP) is 6.89. The lowest BCUT2D eigenvalue weighted by molar-refractivity contribution is -0.274. The molecule has 0 unspecified atom stereocenters. The summed E-state index contributed by atoms with van der Waals surface area (Å²) in [6, 6.07) is 9.86. The molecule has 1 aromatic heterocycles. The van der Waals surface area contributed by atoms with Gasteiger partial charge in [0.05, 0.1) is 25.0 Å². The number of alkyl halides is 3. The van der Waals surface area contributed by atoms with Gasteiger partial charge in [-0.1, -0.05) is 52.0 Å². The maximum Gasteiger partial charge on any atom is 0.573 e. The van der Waals surface area contributed by atoms with Crippen LogP contribution in [0.2, 0.25) is 0 Å². The Morgan fingerprint density at radius 2 is 1.56 bits per heavy atom. The zero-order chi connectivity index (χ0) is 45.1. The number of aromatic amines is 1. The van der Waals surface area contributed by atoms with Gasteiger partial charge < -0.3 is 44.5 Å². The molecule has 63 heavy (non-hydrogen) atoms. The Hall–Kier alpha value is -5.36. The number of alkyl carbamates (subject to hydrolysis) is 1. The summed E-state index contributed by atoms with van der Waals surface area (Å²) in [5, 5.41) is 5.53. The average molecular weight is 881 g/mol. The minimum atomic E-state index is -4.98. The number of hydrogen-bond acceptors (Lipinski definition) is 9. The van der Waals surface area contributed by atoms with Crippen LogP contribution < -0.4 is 15.4 Å². The van der Waals surface area contributed by atoms with E-state index in [0.717, 1.165) is 31.5 Å². The third-order valence-corrected chi connectivity index (χ3v) is 12.6. The van der Waals surface area contributed by atoms with Gasteiger partial charge in [0.2, 0.25) is 11.8 Å². The molecule has 0 radical (unpaired) electrons. The lowest BCUT2D eigenvalue weighted by atomic mass is 9.90. The van der Waals surface area contributed by atoms with Crippen molar-refractivity contribution in [3.05, 3.63) is 54.5 Å². The highest BCUT2D eigenvalue weighted by Gasteiger charge is 2.42. The van der Waals surface area contributed by atoms with E-state index in [1.807, 2.05) is 25.7 Å². The Balaban J connectivity index is 0.991. The van der Waals surface area contributed by atoms with Crippen LogP contribution in [-0.4, -0.2) is 138 Å². The molecule has 7 rings (SSSR count). The molecule has 3 aromatic rings. The Labute approximate surface area is 366 Å². The van der Waals surface area contributed by atoms with Gasteiger partial charge in [-0.2, -0.15) is 0 Å². The molecular formula is C45H59F3N8O7. The molecule has 342 valence electrons. The van der Waals surface area contributed by atoms with Crippen molar-refractivity contribution < 1.29 is 46.6 Å². The number of benzene rings is 2. The first-order chi connectivity index (χ1) is 30.0. The number of nitrogens with one attached hydrogen (secondary N) is 3. The first kappa shape index (κ1) is 45.7. The summed E-state index contributed by atoms with van der Waals surface area (Å²) in [6.07, 6.45) is -0.570. The van der Waals surface area contributed by atoms with Crippen molar-refractivity contribution in [1.29, 1.82) is 0 Å². The van der Waals surface area contributed by atoms with Crippen molar-refractivity contribution in [3.8, 4) is 28.1 Å². The Bertz CT molecular complexity index is 2090. The summed E-state index contributed by atoms with van der Waals surface area (Å²) in [4.78, 5) is 68.2. The van der Waals surface area contributed by atoms with Crippen LogP contribution in [0.3, 0.4) is 0 Å². The van der Waals surface area contributed by atoms with E-state index in [1.54, 1.807) is 46.3 Å². The second kappa shape index (κ2) is 19.2. The zero-order valence-electron chi connectivity index (χ0n) is 36.6. The van der Waals surface area contributed by atoms with E-state index in [4.69, 9.17) is 9.47 Å². The van der Waals surface area contributed by atoms with Gasteiger partial charge in [0.1, 0.15) is 17.6 Å². The van der Waals surface area contributed by atoms with Crippen LogP contribution >= 0.6 is 0 Å². The van der Waals surface area contributed by atoms with Crippen LogP contribution in [0, 0.1) is 17.3 Å². The van der Waals surface area contributed by atoms with Crippen molar-refractivity contribution in [3.63, 3.8) is 0 Å². The molecule has 0 spiro atoms. The molecule has 0 bridgehead atoms. The average Bonchev–Trinajstić information content (AvgIpc) is 3.92. The molecule has 0 aliphatic carbocycles. The Morgan fingerprint density at radius 3 is 2.19 bits per heavy atom. The number of piperazine rings is 1. The molecular weight excluding hydrogens is 822 g/mol. The van der Waals surface area contributed by atoms with Crippen molar-refractivity contribution in [1.82, 2.24) is 34.9 Å². The molecule has 5 heterocycles. The predicted molar refractivity (Wildman–Crippen MR) is 228 cm³/mol. The lowest BCUT2D eigenvalue weighted by Crippen LogP contribution is -2.56. The normalized spacial score (nSPS) is 21.2. The molecule has 0 saturated carbocycles. The number of ether oxygens (including phenoxy) is 3. The highest BCUT2D eigenvalue weighted by molar-refractivity contribution is 5.91. The van der Waals surface area contributed by atoms with Crippen LogP contribution in [0.1, 0.15) is 71.7 Å². The number of nitrogens with zero attached hydrogens (tertiary/aromatic N) is 5. The number of hydrogen-bond donors (Lipinski definition) is 3. The van der Waals surface area contributed by atoms with Crippen LogP contribution in [-0.2, 0) is 19.1 Å². The van der Waals surface area contributed by atoms with Gasteiger partial charge >= 0.3 is 18.5 Å². The van der Waals surface area contributed by atoms with Gasteiger partial charge in [-0.25, -0.2) is 14.6 Å². The molecule has 4 aliphatic rings. The lowest BCUT2D eigenvalue weighted by Gasteiger charge is -2.43. The largest absolute Gasteiger partial charge is 0.573 e. The number of carbonyl (C=O) groups excluding carboxylic acids is 4. The maximum absolute atomic E-state index is 14.1. The highest BCUT2D eigenvalue weighted by Crippen LogP contribution is 2.39. The number of aromatic nitrogens is 2. The fraction of sp³-hybridized carbons (Fsp3) is 0.578. The van der Waals surface area contributed by atoms with Crippen molar-refractivity contribution in [2.75, 3.05) is 71.5 Å². The number of anilines is 1. The molecule has 18 heteroatoms. The number of H-pyrrole nitrogens is 1. The summed E-state index contributed by atoms with van der Waals surface area (Å²) in [6.45, 7) is 13.2. The third-order valence-electron chi connectivity index (χ3n) is 12.6. The number of methoxy groups -OCH3 is 1. The number of rotatable bonds is 9. The van der Waals surface area contributed by atoms with E-state index in [0.29, 0.717) is 82.3 Å².